The first-order valence-corrected chi connectivity index (χ1v) is 12.6. The third-order valence-corrected chi connectivity index (χ3v) is 6.72. The number of rotatable bonds is 8. The molecule has 0 saturated heterocycles. The van der Waals surface area contributed by atoms with Gasteiger partial charge >= 0.3 is 6.09 Å². The Balaban J connectivity index is 1.40. The summed E-state index contributed by atoms with van der Waals surface area (Å²) in [6, 6.07) is 22.7. The van der Waals surface area contributed by atoms with Gasteiger partial charge in [-0.25, -0.2) is 4.79 Å². The van der Waals surface area contributed by atoms with Crippen molar-refractivity contribution < 1.29 is 14.3 Å². The number of halogens is 1. The molecule has 3 aromatic rings. The average Bonchev–Trinajstić information content (AvgIpc) is 3.68. The lowest BCUT2D eigenvalue weighted by Gasteiger charge is -2.25. The van der Waals surface area contributed by atoms with Gasteiger partial charge < -0.3 is 15.0 Å². The van der Waals surface area contributed by atoms with Crippen LogP contribution in [0.25, 0.3) is 0 Å². The van der Waals surface area contributed by atoms with Crippen molar-refractivity contribution >= 4 is 46.2 Å². The Bertz CT molecular complexity index is 1150. The van der Waals surface area contributed by atoms with E-state index in [-0.39, 0.29) is 24.1 Å². The first-order chi connectivity index (χ1) is 16.4. The lowest BCUT2D eigenvalue weighted by molar-refractivity contribution is 0.0561. The zero-order valence-corrected chi connectivity index (χ0v) is 21.4. The van der Waals surface area contributed by atoms with Crippen LogP contribution in [0.1, 0.15) is 53.8 Å². The summed E-state index contributed by atoms with van der Waals surface area (Å²) < 4.78 is 6.89. The summed E-state index contributed by atoms with van der Waals surface area (Å²) in [6.07, 6.45) is 2.07. The van der Waals surface area contributed by atoms with E-state index in [0.29, 0.717) is 29.1 Å². The number of para-hydroxylation sites is 1. The van der Waals surface area contributed by atoms with Gasteiger partial charge in [-0.1, -0.05) is 59.3 Å². The van der Waals surface area contributed by atoms with Crippen LogP contribution in [0.4, 0.5) is 10.5 Å². The van der Waals surface area contributed by atoms with Crippen LogP contribution in [0.3, 0.4) is 0 Å². The molecule has 0 bridgehead atoms. The van der Waals surface area contributed by atoms with Crippen molar-refractivity contribution in [2.45, 2.75) is 49.8 Å². The molecule has 1 fully saturated rings. The molecule has 34 heavy (non-hydrogen) atoms. The molecule has 4 rings (SSSR count). The maximum Gasteiger partial charge on any atom is 0.410 e. The monoisotopic (exact) mass is 538 g/mol. The summed E-state index contributed by atoms with van der Waals surface area (Å²) in [5.74, 6) is -0.202. The maximum absolute atomic E-state index is 13.1. The molecule has 0 aliphatic heterocycles. The molecule has 0 aromatic heterocycles. The van der Waals surface area contributed by atoms with E-state index in [9.17, 15) is 9.59 Å². The minimum Gasteiger partial charge on any atom is -0.441 e. The first-order valence-electron chi connectivity index (χ1n) is 11.4. The molecule has 0 heterocycles. The number of amides is 2. The lowest BCUT2D eigenvalue weighted by Crippen LogP contribution is -2.34. The fraction of sp³-hybridized carbons (Fsp3) is 0.259. The van der Waals surface area contributed by atoms with Crippen molar-refractivity contribution in [1.82, 2.24) is 4.90 Å². The van der Waals surface area contributed by atoms with Gasteiger partial charge in [0.05, 0.1) is 5.69 Å². The van der Waals surface area contributed by atoms with Crippen LogP contribution in [-0.4, -0.2) is 22.9 Å². The molecule has 1 saturated carbocycles. The highest BCUT2D eigenvalue weighted by Gasteiger charge is 2.34. The van der Waals surface area contributed by atoms with Crippen LogP contribution in [0, 0.1) is 0 Å². The fourth-order valence-corrected chi connectivity index (χ4v) is 4.20. The largest absolute Gasteiger partial charge is 0.441 e. The number of anilines is 1. The Hall–Kier alpha value is -2.77. The summed E-state index contributed by atoms with van der Waals surface area (Å²) in [6.45, 7) is 2.46. The topological polar surface area (TPSA) is 58.6 Å². The Morgan fingerprint density at radius 1 is 1.06 bits per heavy atom. The van der Waals surface area contributed by atoms with Crippen LogP contribution in [0.2, 0.25) is 0 Å². The second-order valence-electron chi connectivity index (χ2n) is 8.36. The number of nitrogens with zero attached hydrogens (tertiary/aromatic N) is 1. The maximum atomic E-state index is 13.1. The molecule has 176 valence electrons. The van der Waals surface area contributed by atoms with E-state index in [0.717, 1.165) is 28.4 Å². The second-order valence-corrected chi connectivity index (χ2v) is 9.76. The zero-order chi connectivity index (χ0) is 24.1. The Morgan fingerprint density at radius 3 is 2.35 bits per heavy atom. The number of carbonyl (C=O) groups excluding carboxylic acids is 2. The van der Waals surface area contributed by atoms with E-state index < -0.39 is 0 Å². The van der Waals surface area contributed by atoms with Gasteiger partial charge in [0.15, 0.2) is 0 Å². The van der Waals surface area contributed by atoms with Crippen molar-refractivity contribution in [1.29, 1.82) is 0 Å². The molecular weight excluding hydrogens is 512 g/mol. The van der Waals surface area contributed by atoms with E-state index in [1.165, 1.54) is 0 Å². The molecule has 2 amide bonds. The molecular formula is C27H27BrN2O3S. The first kappa shape index (κ1) is 24.4. The predicted octanol–water partition coefficient (Wildman–Crippen LogP) is 7.24. The van der Waals surface area contributed by atoms with Crippen LogP contribution < -0.4 is 5.32 Å². The number of nitrogens with one attached hydrogen (secondary N) is 1. The Morgan fingerprint density at radius 2 is 1.74 bits per heavy atom. The average molecular weight is 539 g/mol. The SMILES string of the molecule is CC[C@H](OC(=O)N(Cc1ccc(C(=O)Nc2ccccc2S)cc1)C1CC1)c1ccc(Br)cc1. The number of carbonyl (C=O) groups is 2. The summed E-state index contributed by atoms with van der Waals surface area (Å²) in [4.78, 5) is 28.2. The molecule has 1 aliphatic rings. The highest BCUT2D eigenvalue weighted by molar-refractivity contribution is 9.10. The summed E-state index contributed by atoms with van der Waals surface area (Å²) in [7, 11) is 0. The minimum absolute atomic E-state index is 0.199. The van der Waals surface area contributed by atoms with Crippen LogP contribution in [0.5, 0.6) is 0 Å². The Kier molecular flexibility index (Phi) is 7.95. The van der Waals surface area contributed by atoms with Gasteiger partial charge in [0.25, 0.3) is 5.91 Å². The van der Waals surface area contributed by atoms with Crippen LogP contribution >= 0.6 is 28.6 Å². The van der Waals surface area contributed by atoms with Gasteiger partial charge in [0.2, 0.25) is 0 Å². The smallest absolute Gasteiger partial charge is 0.410 e. The zero-order valence-electron chi connectivity index (χ0n) is 18.9. The van der Waals surface area contributed by atoms with Gasteiger partial charge in [0.1, 0.15) is 6.10 Å². The van der Waals surface area contributed by atoms with E-state index in [1.807, 2.05) is 67.6 Å². The number of hydrogen-bond acceptors (Lipinski definition) is 4. The van der Waals surface area contributed by atoms with Crippen LogP contribution in [-0.2, 0) is 11.3 Å². The number of ether oxygens (including phenoxy) is 1. The normalized spacial score (nSPS) is 13.7. The summed E-state index contributed by atoms with van der Waals surface area (Å²) in [5.41, 5.74) is 3.14. The highest BCUT2D eigenvalue weighted by Crippen LogP contribution is 2.31. The van der Waals surface area contributed by atoms with E-state index in [4.69, 9.17) is 4.74 Å². The second kappa shape index (κ2) is 11.1. The molecule has 1 aliphatic carbocycles. The molecule has 1 atom stereocenters. The molecule has 0 unspecified atom stereocenters. The van der Waals surface area contributed by atoms with Crippen molar-refractivity contribution in [2.75, 3.05) is 5.32 Å². The molecule has 5 nitrogen and oxygen atoms in total. The predicted molar refractivity (Wildman–Crippen MR) is 140 cm³/mol. The molecule has 7 heteroatoms. The van der Waals surface area contributed by atoms with Gasteiger partial charge in [-0.15, -0.1) is 12.6 Å². The van der Waals surface area contributed by atoms with Crippen molar-refractivity contribution in [2.24, 2.45) is 0 Å². The molecule has 0 spiro atoms. The van der Waals surface area contributed by atoms with E-state index in [2.05, 4.69) is 33.9 Å². The fourth-order valence-electron chi connectivity index (χ4n) is 3.71. The van der Waals surface area contributed by atoms with Gasteiger partial charge in [-0.05, 0) is 66.8 Å². The summed E-state index contributed by atoms with van der Waals surface area (Å²) in [5, 5.41) is 2.88. The van der Waals surface area contributed by atoms with Crippen molar-refractivity contribution in [3.05, 3.63) is 94.0 Å². The molecule has 0 radical (unpaired) electrons. The lowest BCUT2D eigenvalue weighted by atomic mass is 10.1. The third-order valence-electron chi connectivity index (χ3n) is 5.80. The Labute approximate surface area is 214 Å². The van der Waals surface area contributed by atoms with Crippen LogP contribution in [0.15, 0.2) is 82.2 Å². The third kappa shape index (κ3) is 6.21. The van der Waals surface area contributed by atoms with E-state index >= 15 is 0 Å². The molecule has 3 aromatic carbocycles. The van der Waals surface area contributed by atoms with Gasteiger partial charge in [-0.2, -0.15) is 0 Å². The quantitative estimate of drug-likeness (QED) is 0.297. The standard InChI is InChI=1S/C27H27BrN2O3S/c1-2-24(19-11-13-21(28)14-12-19)33-27(32)30(22-15-16-22)17-18-7-9-20(10-8-18)26(31)29-23-5-3-4-6-25(23)34/h3-14,22,24,34H,2,15-17H2,1H3,(H,29,31)/t24-/m0/s1. The highest BCUT2D eigenvalue weighted by atomic mass is 79.9. The number of benzene rings is 3. The van der Waals surface area contributed by atoms with Gasteiger partial charge in [0, 0.05) is 27.5 Å². The van der Waals surface area contributed by atoms with Gasteiger partial charge in [-0.3, -0.25) is 4.79 Å². The van der Waals surface area contributed by atoms with Crippen molar-refractivity contribution in [3.63, 3.8) is 0 Å². The minimum atomic E-state index is -0.301. The number of thiol groups is 1. The van der Waals surface area contributed by atoms with Crippen molar-refractivity contribution in [3.8, 4) is 0 Å². The molecule has 1 N–H and O–H groups in total. The number of hydrogen-bond donors (Lipinski definition) is 2. The van der Waals surface area contributed by atoms with E-state index in [1.54, 1.807) is 17.0 Å². The summed E-state index contributed by atoms with van der Waals surface area (Å²) >= 11 is 7.82.